The van der Waals surface area contributed by atoms with Gasteiger partial charge in [-0.15, -0.1) is 0 Å². The summed E-state index contributed by atoms with van der Waals surface area (Å²) < 4.78 is 0. The van der Waals surface area contributed by atoms with Gasteiger partial charge >= 0.3 is 0 Å². The fourth-order valence-corrected chi connectivity index (χ4v) is 2.90. The second kappa shape index (κ2) is 5.49. The first-order valence-electron chi connectivity index (χ1n) is 7.18. The molecule has 0 aliphatic carbocycles. The predicted octanol–water partition coefficient (Wildman–Crippen LogP) is 3.57. The highest BCUT2D eigenvalue weighted by atomic mass is 16.1. The molecule has 0 saturated carbocycles. The van der Waals surface area contributed by atoms with Gasteiger partial charge in [0, 0.05) is 30.3 Å². The number of nitrogens with zero attached hydrogens (tertiary/aromatic N) is 1. The first-order chi connectivity index (χ1) is 9.75. The molecule has 20 heavy (non-hydrogen) atoms. The number of hydrogen-bond acceptors (Lipinski definition) is 2. The number of anilines is 1. The summed E-state index contributed by atoms with van der Waals surface area (Å²) in [5, 5.41) is 0. The summed E-state index contributed by atoms with van der Waals surface area (Å²) in [6.45, 7) is 3.84. The summed E-state index contributed by atoms with van der Waals surface area (Å²) in [6, 6.07) is 18.1. The Morgan fingerprint density at radius 1 is 1.10 bits per heavy atom. The Hall–Kier alpha value is -2.09. The lowest BCUT2D eigenvalue weighted by Gasteiger charge is -2.23. The molecule has 2 aromatic rings. The van der Waals surface area contributed by atoms with Gasteiger partial charge in [-0.05, 0) is 18.1 Å². The van der Waals surface area contributed by atoms with Crippen molar-refractivity contribution < 1.29 is 4.79 Å². The average molecular weight is 265 g/mol. The lowest BCUT2D eigenvalue weighted by atomic mass is 9.99. The molecular formula is C18H19NO. The Morgan fingerprint density at radius 3 is 2.60 bits per heavy atom. The van der Waals surface area contributed by atoms with Crippen LogP contribution >= 0.6 is 0 Å². The average Bonchev–Trinajstić information content (AvgIpc) is 2.91. The number of carbonyl (C=O) groups excluding carboxylic acids is 1. The fraction of sp³-hybridized carbons (Fsp3) is 0.278. The monoisotopic (exact) mass is 265 g/mol. The van der Waals surface area contributed by atoms with E-state index in [1.54, 1.807) is 0 Å². The van der Waals surface area contributed by atoms with E-state index in [0.29, 0.717) is 0 Å². The lowest BCUT2D eigenvalue weighted by Crippen LogP contribution is -2.30. The Labute approximate surface area is 120 Å². The quantitative estimate of drug-likeness (QED) is 0.788. The maximum atomic E-state index is 12.4. The van der Waals surface area contributed by atoms with Gasteiger partial charge in [-0.3, -0.25) is 4.79 Å². The van der Waals surface area contributed by atoms with Crippen molar-refractivity contribution in [3.63, 3.8) is 0 Å². The zero-order valence-electron chi connectivity index (χ0n) is 11.8. The molecule has 0 spiro atoms. The topological polar surface area (TPSA) is 20.3 Å². The molecule has 102 valence electrons. The minimum atomic E-state index is 0.0172. The molecule has 2 heteroatoms. The molecule has 2 aromatic carbocycles. The van der Waals surface area contributed by atoms with Gasteiger partial charge in [0.25, 0.3) is 0 Å². The van der Waals surface area contributed by atoms with E-state index < -0.39 is 0 Å². The number of ketones is 1. The van der Waals surface area contributed by atoms with Crippen molar-refractivity contribution >= 4 is 11.5 Å². The predicted molar refractivity (Wildman–Crippen MR) is 82.3 cm³/mol. The summed E-state index contributed by atoms with van der Waals surface area (Å²) in [7, 11) is 0. The third-order valence-corrected chi connectivity index (χ3v) is 3.98. The zero-order chi connectivity index (χ0) is 13.9. The summed E-state index contributed by atoms with van der Waals surface area (Å²) in [6.07, 6.45) is 1.09. The van der Waals surface area contributed by atoms with Crippen LogP contribution in [0, 0.1) is 5.92 Å². The largest absolute Gasteiger partial charge is 0.370 e. The molecule has 0 aromatic heterocycles. The first kappa shape index (κ1) is 12.9. The second-order valence-corrected chi connectivity index (χ2v) is 5.46. The SMILES string of the molecule is CC(CN1CCc2ccccc21)C(=O)c1ccccc1. The van der Waals surface area contributed by atoms with Crippen LogP contribution in [0.15, 0.2) is 54.6 Å². The molecule has 1 aliphatic heterocycles. The number of hydrogen-bond donors (Lipinski definition) is 0. The van der Waals surface area contributed by atoms with Gasteiger partial charge in [0.2, 0.25) is 0 Å². The molecule has 0 N–H and O–H groups in total. The zero-order valence-corrected chi connectivity index (χ0v) is 11.8. The van der Waals surface area contributed by atoms with Crippen LogP contribution in [0.25, 0.3) is 0 Å². The Kier molecular flexibility index (Phi) is 3.55. The van der Waals surface area contributed by atoms with Crippen LogP contribution in [0.1, 0.15) is 22.8 Å². The third-order valence-electron chi connectivity index (χ3n) is 3.98. The molecule has 0 fully saturated rings. The summed E-state index contributed by atoms with van der Waals surface area (Å²) in [4.78, 5) is 14.8. The standard InChI is InChI=1S/C18H19NO/c1-14(18(20)16-8-3-2-4-9-16)13-19-12-11-15-7-5-6-10-17(15)19/h2-10,14H,11-13H2,1H3. The number of para-hydroxylation sites is 1. The van der Waals surface area contributed by atoms with Gasteiger partial charge in [-0.1, -0.05) is 55.5 Å². The van der Waals surface area contributed by atoms with Crippen LogP contribution in [-0.4, -0.2) is 18.9 Å². The van der Waals surface area contributed by atoms with Crippen LogP contribution in [0.2, 0.25) is 0 Å². The number of fused-ring (bicyclic) bond motifs is 1. The lowest BCUT2D eigenvalue weighted by molar-refractivity contribution is 0.0933. The number of benzene rings is 2. The molecule has 0 saturated heterocycles. The van der Waals surface area contributed by atoms with E-state index in [9.17, 15) is 4.79 Å². The van der Waals surface area contributed by atoms with Crippen LogP contribution in [0.3, 0.4) is 0 Å². The van der Waals surface area contributed by atoms with Crippen molar-refractivity contribution in [1.29, 1.82) is 0 Å². The first-order valence-corrected chi connectivity index (χ1v) is 7.18. The molecule has 1 unspecified atom stereocenters. The smallest absolute Gasteiger partial charge is 0.167 e. The van der Waals surface area contributed by atoms with Crippen molar-refractivity contribution in [2.24, 2.45) is 5.92 Å². The highest BCUT2D eigenvalue weighted by molar-refractivity contribution is 5.98. The Bertz CT molecular complexity index is 606. The number of Topliss-reactive ketones (excluding diaryl/α,β-unsaturated/α-hetero) is 1. The van der Waals surface area contributed by atoms with E-state index in [-0.39, 0.29) is 11.7 Å². The van der Waals surface area contributed by atoms with Gasteiger partial charge in [0.15, 0.2) is 5.78 Å². The van der Waals surface area contributed by atoms with Crippen molar-refractivity contribution in [2.75, 3.05) is 18.0 Å². The minimum Gasteiger partial charge on any atom is -0.370 e. The molecule has 1 atom stereocenters. The Balaban J connectivity index is 1.71. The van der Waals surface area contributed by atoms with Crippen LogP contribution in [0.5, 0.6) is 0 Å². The van der Waals surface area contributed by atoms with Crippen molar-refractivity contribution in [3.05, 3.63) is 65.7 Å². The van der Waals surface area contributed by atoms with Crippen LogP contribution < -0.4 is 4.90 Å². The summed E-state index contributed by atoms with van der Waals surface area (Å²) in [5.74, 6) is 0.249. The van der Waals surface area contributed by atoms with Crippen molar-refractivity contribution in [1.82, 2.24) is 0 Å². The summed E-state index contributed by atoms with van der Waals surface area (Å²) >= 11 is 0. The highest BCUT2D eigenvalue weighted by Gasteiger charge is 2.23. The number of rotatable bonds is 4. The van der Waals surface area contributed by atoms with Gasteiger partial charge in [-0.25, -0.2) is 0 Å². The van der Waals surface area contributed by atoms with E-state index >= 15 is 0 Å². The third kappa shape index (κ3) is 2.46. The molecule has 1 aliphatic rings. The minimum absolute atomic E-state index is 0.0172. The van der Waals surface area contributed by atoms with E-state index in [4.69, 9.17) is 0 Å². The van der Waals surface area contributed by atoms with Crippen molar-refractivity contribution in [3.8, 4) is 0 Å². The molecule has 1 heterocycles. The maximum Gasteiger partial charge on any atom is 0.167 e. The van der Waals surface area contributed by atoms with Gasteiger partial charge in [0.05, 0.1) is 0 Å². The molecule has 3 rings (SSSR count). The summed E-state index contributed by atoms with van der Waals surface area (Å²) in [5.41, 5.74) is 3.50. The van der Waals surface area contributed by atoms with Gasteiger partial charge in [-0.2, -0.15) is 0 Å². The van der Waals surface area contributed by atoms with Crippen LogP contribution in [-0.2, 0) is 6.42 Å². The molecule has 2 nitrogen and oxygen atoms in total. The normalized spacial score (nSPS) is 14.9. The highest BCUT2D eigenvalue weighted by Crippen LogP contribution is 2.28. The number of carbonyl (C=O) groups is 1. The Morgan fingerprint density at radius 2 is 1.80 bits per heavy atom. The molecule has 0 amide bonds. The van der Waals surface area contributed by atoms with Gasteiger partial charge in [0.1, 0.15) is 0 Å². The molecule has 0 bridgehead atoms. The maximum absolute atomic E-state index is 12.4. The van der Waals surface area contributed by atoms with Crippen molar-refractivity contribution in [2.45, 2.75) is 13.3 Å². The molecule has 0 radical (unpaired) electrons. The van der Waals surface area contributed by atoms with Crippen LogP contribution in [0.4, 0.5) is 5.69 Å². The van der Waals surface area contributed by atoms with E-state index in [2.05, 4.69) is 29.2 Å². The van der Waals surface area contributed by atoms with E-state index in [1.165, 1.54) is 11.3 Å². The van der Waals surface area contributed by atoms with E-state index in [1.807, 2.05) is 37.3 Å². The second-order valence-electron chi connectivity index (χ2n) is 5.46. The van der Waals surface area contributed by atoms with Gasteiger partial charge < -0.3 is 4.90 Å². The fourth-order valence-electron chi connectivity index (χ4n) is 2.90. The molecular weight excluding hydrogens is 246 g/mol. The van der Waals surface area contributed by atoms with E-state index in [0.717, 1.165) is 25.1 Å².